The first kappa shape index (κ1) is 13.8. The highest BCUT2D eigenvalue weighted by atomic mass is 16.4. The fraction of sp³-hybridized carbons (Fsp3) is 0.200. The molecule has 2 rings (SSSR count). The highest BCUT2D eigenvalue weighted by Gasteiger charge is 2.10. The number of nitrogens with zero attached hydrogens (tertiary/aromatic N) is 1. The summed E-state index contributed by atoms with van der Waals surface area (Å²) in [7, 11) is 0. The Kier molecular flexibility index (Phi) is 4.18. The van der Waals surface area contributed by atoms with Crippen LogP contribution in [0.15, 0.2) is 41.0 Å². The molecule has 20 heavy (non-hydrogen) atoms. The standard InChI is InChI=1S/C15H14N2O3/c1-10(12-4-2-11(7-16)3-5-12)17-8-14-6-13(9-20-14)15(18)19/h2-6,9-10,17H,8H2,1H3,(H,18,19). The van der Waals surface area contributed by atoms with E-state index in [4.69, 9.17) is 14.8 Å². The zero-order valence-electron chi connectivity index (χ0n) is 11.0. The van der Waals surface area contributed by atoms with Crippen molar-refractivity contribution in [3.8, 4) is 6.07 Å². The number of nitrogens with one attached hydrogen (secondary N) is 1. The number of furan rings is 1. The van der Waals surface area contributed by atoms with Crippen molar-refractivity contribution in [2.75, 3.05) is 0 Å². The molecule has 1 unspecified atom stereocenters. The second kappa shape index (κ2) is 6.04. The average molecular weight is 270 g/mol. The quantitative estimate of drug-likeness (QED) is 0.872. The number of hydrogen-bond donors (Lipinski definition) is 2. The lowest BCUT2D eigenvalue weighted by atomic mass is 10.1. The molecule has 0 saturated heterocycles. The Hall–Kier alpha value is -2.58. The smallest absolute Gasteiger partial charge is 0.338 e. The van der Waals surface area contributed by atoms with Crippen LogP contribution < -0.4 is 5.32 Å². The number of nitriles is 1. The first-order valence-corrected chi connectivity index (χ1v) is 6.14. The molecule has 2 aromatic rings. The number of carboxylic acids is 1. The Balaban J connectivity index is 1.95. The van der Waals surface area contributed by atoms with Gasteiger partial charge in [-0.3, -0.25) is 0 Å². The summed E-state index contributed by atoms with van der Waals surface area (Å²) in [5.74, 6) is -0.428. The van der Waals surface area contributed by atoms with E-state index in [1.807, 2.05) is 19.1 Å². The van der Waals surface area contributed by atoms with E-state index in [1.165, 1.54) is 12.3 Å². The molecule has 1 heterocycles. The minimum Gasteiger partial charge on any atom is -0.478 e. The number of hydrogen-bond acceptors (Lipinski definition) is 4. The van der Waals surface area contributed by atoms with Crippen LogP contribution >= 0.6 is 0 Å². The number of carboxylic acid groups (broad SMARTS) is 1. The van der Waals surface area contributed by atoms with Crippen molar-refractivity contribution in [3.05, 3.63) is 59.0 Å². The maximum absolute atomic E-state index is 10.7. The molecular formula is C15H14N2O3. The van der Waals surface area contributed by atoms with Crippen LogP contribution in [0.1, 0.15) is 40.2 Å². The van der Waals surface area contributed by atoms with Gasteiger partial charge in [0.25, 0.3) is 0 Å². The fourth-order valence-electron chi connectivity index (χ4n) is 1.80. The topological polar surface area (TPSA) is 86.3 Å². The van der Waals surface area contributed by atoms with Crippen molar-refractivity contribution >= 4 is 5.97 Å². The maximum Gasteiger partial charge on any atom is 0.338 e. The van der Waals surface area contributed by atoms with Gasteiger partial charge >= 0.3 is 5.97 Å². The van der Waals surface area contributed by atoms with Crippen molar-refractivity contribution in [2.24, 2.45) is 0 Å². The molecule has 0 aliphatic rings. The predicted octanol–water partition coefficient (Wildman–Crippen LogP) is 2.70. The van der Waals surface area contributed by atoms with Gasteiger partial charge in [-0.15, -0.1) is 0 Å². The molecule has 0 saturated carbocycles. The van der Waals surface area contributed by atoms with E-state index in [9.17, 15) is 4.79 Å². The molecule has 0 aliphatic carbocycles. The van der Waals surface area contributed by atoms with Crippen LogP contribution in [0.25, 0.3) is 0 Å². The molecule has 5 heteroatoms. The minimum atomic E-state index is -1.000. The first-order valence-electron chi connectivity index (χ1n) is 6.14. The molecule has 0 bridgehead atoms. The summed E-state index contributed by atoms with van der Waals surface area (Å²) < 4.78 is 5.16. The summed E-state index contributed by atoms with van der Waals surface area (Å²) in [5.41, 5.74) is 1.82. The van der Waals surface area contributed by atoms with Crippen molar-refractivity contribution < 1.29 is 14.3 Å². The van der Waals surface area contributed by atoms with Gasteiger partial charge in [0.05, 0.1) is 23.7 Å². The third-order valence-corrected chi connectivity index (χ3v) is 3.02. The number of carbonyl (C=O) groups is 1. The molecule has 1 aromatic heterocycles. The molecule has 0 aliphatic heterocycles. The predicted molar refractivity (Wildman–Crippen MR) is 72.1 cm³/mol. The van der Waals surface area contributed by atoms with E-state index < -0.39 is 5.97 Å². The zero-order valence-corrected chi connectivity index (χ0v) is 11.0. The van der Waals surface area contributed by atoms with E-state index >= 15 is 0 Å². The maximum atomic E-state index is 10.7. The largest absolute Gasteiger partial charge is 0.478 e. The van der Waals surface area contributed by atoms with Crippen LogP contribution in [0.5, 0.6) is 0 Å². The summed E-state index contributed by atoms with van der Waals surface area (Å²) >= 11 is 0. The third-order valence-electron chi connectivity index (χ3n) is 3.02. The van der Waals surface area contributed by atoms with E-state index in [1.54, 1.807) is 12.1 Å². The summed E-state index contributed by atoms with van der Waals surface area (Å²) in [5, 5.41) is 20.8. The molecule has 0 amide bonds. The van der Waals surface area contributed by atoms with E-state index in [0.29, 0.717) is 17.9 Å². The summed E-state index contributed by atoms with van der Waals surface area (Å²) in [6, 6.07) is 11.0. The Bertz CT molecular complexity index is 638. The van der Waals surface area contributed by atoms with Gasteiger partial charge in [0, 0.05) is 6.04 Å². The minimum absolute atomic E-state index is 0.0705. The molecule has 0 fully saturated rings. The van der Waals surface area contributed by atoms with Gasteiger partial charge in [-0.2, -0.15) is 5.26 Å². The summed E-state index contributed by atoms with van der Waals surface area (Å²) in [6.45, 7) is 2.43. The van der Waals surface area contributed by atoms with Gasteiger partial charge in [-0.25, -0.2) is 4.79 Å². The van der Waals surface area contributed by atoms with E-state index in [0.717, 1.165) is 5.56 Å². The SMILES string of the molecule is CC(NCc1cc(C(=O)O)co1)c1ccc(C#N)cc1. The first-order chi connectivity index (χ1) is 9.60. The fourth-order valence-corrected chi connectivity index (χ4v) is 1.80. The van der Waals surface area contributed by atoms with Crippen LogP contribution in [-0.2, 0) is 6.54 Å². The molecule has 1 atom stereocenters. The highest BCUT2D eigenvalue weighted by Crippen LogP contribution is 2.15. The van der Waals surface area contributed by atoms with Crippen molar-refractivity contribution in [2.45, 2.75) is 19.5 Å². The van der Waals surface area contributed by atoms with Gasteiger partial charge in [-0.1, -0.05) is 12.1 Å². The second-order valence-corrected chi connectivity index (χ2v) is 4.44. The van der Waals surface area contributed by atoms with Gasteiger partial charge < -0.3 is 14.8 Å². The molecule has 102 valence electrons. The monoisotopic (exact) mass is 270 g/mol. The lowest BCUT2D eigenvalue weighted by Gasteiger charge is -2.13. The molecular weight excluding hydrogens is 256 g/mol. The van der Waals surface area contributed by atoms with Gasteiger partial charge in [-0.05, 0) is 30.7 Å². The van der Waals surface area contributed by atoms with Crippen molar-refractivity contribution in [1.29, 1.82) is 5.26 Å². The van der Waals surface area contributed by atoms with Crippen molar-refractivity contribution in [1.82, 2.24) is 5.32 Å². The van der Waals surface area contributed by atoms with Gasteiger partial charge in [0.1, 0.15) is 12.0 Å². The Morgan fingerprint density at radius 3 is 2.70 bits per heavy atom. The lowest BCUT2D eigenvalue weighted by Crippen LogP contribution is -2.17. The third kappa shape index (κ3) is 3.25. The van der Waals surface area contributed by atoms with Crippen LogP contribution in [0, 0.1) is 11.3 Å². The van der Waals surface area contributed by atoms with Crippen molar-refractivity contribution in [3.63, 3.8) is 0 Å². The Morgan fingerprint density at radius 1 is 1.45 bits per heavy atom. The molecule has 5 nitrogen and oxygen atoms in total. The van der Waals surface area contributed by atoms with Crippen LogP contribution in [0.2, 0.25) is 0 Å². The van der Waals surface area contributed by atoms with Crippen LogP contribution in [-0.4, -0.2) is 11.1 Å². The molecule has 0 spiro atoms. The number of aromatic carboxylic acids is 1. The lowest BCUT2D eigenvalue weighted by molar-refractivity contribution is 0.0696. The van der Waals surface area contributed by atoms with Crippen LogP contribution in [0.3, 0.4) is 0 Å². The average Bonchev–Trinajstić information content (AvgIpc) is 2.94. The highest BCUT2D eigenvalue weighted by molar-refractivity contribution is 5.87. The van der Waals surface area contributed by atoms with Crippen LogP contribution in [0.4, 0.5) is 0 Å². The van der Waals surface area contributed by atoms with Gasteiger partial charge in [0.2, 0.25) is 0 Å². The molecule has 1 aromatic carbocycles. The summed E-state index contributed by atoms with van der Waals surface area (Å²) in [4.78, 5) is 10.7. The Labute approximate surface area is 116 Å². The Morgan fingerprint density at radius 2 is 2.15 bits per heavy atom. The second-order valence-electron chi connectivity index (χ2n) is 4.44. The van der Waals surface area contributed by atoms with E-state index in [2.05, 4.69) is 11.4 Å². The normalized spacial score (nSPS) is 11.8. The summed E-state index contributed by atoms with van der Waals surface area (Å²) in [6.07, 6.45) is 1.23. The number of benzene rings is 1. The van der Waals surface area contributed by atoms with Gasteiger partial charge in [0.15, 0.2) is 0 Å². The van der Waals surface area contributed by atoms with E-state index in [-0.39, 0.29) is 11.6 Å². The molecule has 2 N–H and O–H groups in total. The zero-order chi connectivity index (χ0) is 14.5. The molecule has 0 radical (unpaired) electrons. The number of rotatable bonds is 5.